The molecule has 3 atom stereocenters. The van der Waals surface area contributed by atoms with Crippen LogP contribution in [0.5, 0.6) is 5.75 Å². The van der Waals surface area contributed by atoms with Crippen LogP contribution >= 0.6 is 0 Å². The highest BCUT2D eigenvalue weighted by molar-refractivity contribution is 5.40. The van der Waals surface area contributed by atoms with E-state index in [1.165, 1.54) is 11.1 Å². The molecule has 3 rings (SSSR count). The lowest BCUT2D eigenvalue weighted by Crippen LogP contribution is -2.40. The lowest BCUT2D eigenvalue weighted by atomic mass is 9.76. The largest absolute Gasteiger partial charge is 0.490 e. The first-order valence-electron chi connectivity index (χ1n) is 7.21. The molecule has 3 heteroatoms. The molecule has 2 aliphatic rings. The fourth-order valence-corrected chi connectivity index (χ4v) is 3.45. The van der Waals surface area contributed by atoms with E-state index in [4.69, 9.17) is 15.2 Å². The Hall–Kier alpha value is -1.06. The van der Waals surface area contributed by atoms with Gasteiger partial charge in [-0.15, -0.1) is 0 Å². The molecule has 0 bridgehead atoms. The maximum absolute atomic E-state index is 6.09. The van der Waals surface area contributed by atoms with Gasteiger partial charge in [0, 0.05) is 25.0 Å². The van der Waals surface area contributed by atoms with Crippen molar-refractivity contribution < 1.29 is 9.47 Å². The first-order valence-corrected chi connectivity index (χ1v) is 7.21. The molecule has 2 aliphatic heterocycles. The first kappa shape index (κ1) is 12.9. The van der Waals surface area contributed by atoms with E-state index in [0.29, 0.717) is 6.54 Å². The quantitative estimate of drug-likeness (QED) is 0.909. The molecule has 0 saturated carbocycles. The molecule has 3 nitrogen and oxygen atoms in total. The summed E-state index contributed by atoms with van der Waals surface area (Å²) in [4.78, 5) is 0. The standard InChI is InChI=1S/C16H23NO2/c1-11-3-4-15-13(7-11)8-14(19-15)9-16(10-17)5-6-18-12(16)2/h3-4,7,12,14H,5-6,8-10,17H2,1-2H3. The molecule has 0 spiro atoms. The Morgan fingerprint density at radius 2 is 2.26 bits per heavy atom. The minimum absolute atomic E-state index is 0.0990. The number of hydrogen-bond donors (Lipinski definition) is 1. The van der Waals surface area contributed by atoms with Gasteiger partial charge in [0.15, 0.2) is 0 Å². The maximum Gasteiger partial charge on any atom is 0.123 e. The Bertz CT molecular complexity index is 474. The van der Waals surface area contributed by atoms with Crippen LogP contribution in [0, 0.1) is 12.3 Å². The lowest BCUT2D eigenvalue weighted by Gasteiger charge is -2.32. The molecule has 1 fully saturated rings. The molecular weight excluding hydrogens is 238 g/mol. The lowest BCUT2D eigenvalue weighted by molar-refractivity contribution is 0.0416. The number of aryl methyl sites for hydroxylation is 1. The average Bonchev–Trinajstić information content (AvgIpc) is 2.94. The number of rotatable bonds is 3. The molecule has 3 unspecified atom stereocenters. The van der Waals surface area contributed by atoms with Crippen molar-refractivity contribution in [2.45, 2.75) is 45.3 Å². The Morgan fingerprint density at radius 3 is 2.95 bits per heavy atom. The summed E-state index contributed by atoms with van der Waals surface area (Å²) in [5, 5.41) is 0. The second-order valence-corrected chi connectivity index (χ2v) is 6.09. The van der Waals surface area contributed by atoms with Crippen LogP contribution in [0.15, 0.2) is 18.2 Å². The third kappa shape index (κ3) is 2.26. The van der Waals surface area contributed by atoms with Crippen molar-refractivity contribution in [1.29, 1.82) is 0 Å². The highest BCUT2D eigenvalue weighted by atomic mass is 16.5. The fourth-order valence-electron chi connectivity index (χ4n) is 3.45. The maximum atomic E-state index is 6.09. The zero-order chi connectivity index (χ0) is 13.5. The second-order valence-electron chi connectivity index (χ2n) is 6.09. The molecule has 0 radical (unpaired) electrons. The summed E-state index contributed by atoms with van der Waals surface area (Å²) < 4.78 is 11.8. The van der Waals surface area contributed by atoms with E-state index in [2.05, 4.69) is 32.0 Å². The SMILES string of the molecule is Cc1ccc2c(c1)CC(CC1(CN)CCOC1C)O2. The molecular formula is C16H23NO2. The highest BCUT2D eigenvalue weighted by Gasteiger charge is 2.43. The molecule has 2 N–H and O–H groups in total. The normalized spacial score (nSPS) is 33.2. The van der Waals surface area contributed by atoms with Crippen molar-refractivity contribution in [3.05, 3.63) is 29.3 Å². The van der Waals surface area contributed by atoms with Crippen molar-refractivity contribution in [3.63, 3.8) is 0 Å². The Labute approximate surface area is 115 Å². The van der Waals surface area contributed by atoms with Gasteiger partial charge in [0.25, 0.3) is 0 Å². The van der Waals surface area contributed by atoms with E-state index in [1.54, 1.807) is 0 Å². The Morgan fingerprint density at radius 1 is 1.42 bits per heavy atom. The number of ether oxygens (including phenoxy) is 2. The summed E-state index contributed by atoms with van der Waals surface area (Å²) in [6, 6.07) is 6.44. The van der Waals surface area contributed by atoms with E-state index in [9.17, 15) is 0 Å². The van der Waals surface area contributed by atoms with Gasteiger partial charge in [-0.25, -0.2) is 0 Å². The average molecular weight is 261 g/mol. The molecule has 0 aromatic heterocycles. The van der Waals surface area contributed by atoms with Crippen LogP contribution in [0.25, 0.3) is 0 Å². The molecule has 104 valence electrons. The summed E-state index contributed by atoms with van der Waals surface area (Å²) in [5.41, 5.74) is 8.77. The molecule has 1 aromatic carbocycles. The minimum Gasteiger partial charge on any atom is -0.490 e. The number of nitrogens with two attached hydrogens (primary N) is 1. The van der Waals surface area contributed by atoms with Crippen LogP contribution in [0.2, 0.25) is 0 Å². The third-order valence-corrected chi connectivity index (χ3v) is 4.83. The second kappa shape index (κ2) is 4.80. The summed E-state index contributed by atoms with van der Waals surface area (Å²) in [5.74, 6) is 1.05. The van der Waals surface area contributed by atoms with Crippen molar-refractivity contribution in [1.82, 2.24) is 0 Å². The molecule has 1 aromatic rings. The van der Waals surface area contributed by atoms with Gasteiger partial charge in [-0.1, -0.05) is 17.7 Å². The van der Waals surface area contributed by atoms with Gasteiger partial charge in [0.2, 0.25) is 0 Å². The minimum atomic E-state index is 0.0990. The van der Waals surface area contributed by atoms with Crippen LogP contribution in [-0.4, -0.2) is 25.4 Å². The van der Waals surface area contributed by atoms with Gasteiger partial charge in [-0.05, 0) is 38.3 Å². The smallest absolute Gasteiger partial charge is 0.123 e. The monoisotopic (exact) mass is 261 g/mol. The topological polar surface area (TPSA) is 44.5 Å². The van der Waals surface area contributed by atoms with E-state index < -0.39 is 0 Å². The predicted molar refractivity (Wildman–Crippen MR) is 75.4 cm³/mol. The van der Waals surface area contributed by atoms with Gasteiger partial charge in [-0.2, -0.15) is 0 Å². The zero-order valence-corrected chi connectivity index (χ0v) is 11.8. The summed E-state index contributed by atoms with van der Waals surface area (Å²) in [7, 11) is 0. The molecule has 2 heterocycles. The fraction of sp³-hybridized carbons (Fsp3) is 0.625. The molecule has 0 aliphatic carbocycles. The van der Waals surface area contributed by atoms with Crippen LogP contribution in [0.4, 0.5) is 0 Å². The molecule has 1 saturated heterocycles. The van der Waals surface area contributed by atoms with E-state index in [0.717, 1.165) is 31.6 Å². The van der Waals surface area contributed by atoms with Crippen LogP contribution in [0.3, 0.4) is 0 Å². The molecule has 0 amide bonds. The van der Waals surface area contributed by atoms with E-state index in [-0.39, 0.29) is 17.6 Å². The van der Waals surface area contributed by atoms with Crippen molar-refractivity contribution >= 4 is 0 Å². The van der Waals surface area contributed by atoms with Gasteiger partial charge in [-0.3, -0.25) is 0 Å². The van der Waals surface area contributed by atoms with E-state index in [1.807, 2.05) is 0 Å². The van der Waals surface area contributed by atoms with E-state index >= 15 is 0 Å². The Balaban J connectivity index is 1.73. The zero-order valence-electron chi connectivity index (χ0n) is 11.8. The summed E-state index contributed by atoms with van der Waals surface area (Å²) >= 11 is 0. The summed E-state index contributed by atoms with van der Waals surface area (Å²) in [6.45, 7) is 5.79. The van der Waals surface area contributed by atoms with Gasteiger partial charge in [0.1, 0.15) is 11.9 Å². The third-order valence-electron chi connectivity index (χ3n) is 4.83. The summed E-state index contributed by atoms with van der Waals surface area (Å²) in [6.07, 6.45) is 3.56. The van der Waals surface area contributed by atoms with Crippen LogP contribution in [-0.2, 0) is 11.2 Å². The number of benzene rings is 1. The van der Waals surface area contributed by atoms with Crippen molar-refractivity contribution in [3.8, 4) is 5.75 Å². The van der Waals surface area contributed by atoms with Gasteiger partial charge in [0.05, 0.1) is 6.10 Å². The molecule has 19 heavy (non-hydrogen) atoms. The Kier molecular flexibility index (Phi) is 3.27. The number of hydrogen-bond acceptors (Lipinski definition) is 3. The van der Waals surface area contributed by atoms with Crippen LogP contribution < -0.4 is 10.5 Å². The van der Waals surface area contributed by atoms with Gasteiger partial charge < -0.3 is 15.2 Å². The van der Waals surface area contributed by atoms with Gasteiger partial charge >= 0.3 is 0 Å². The van der Waals surface area contributed by atoms with Crippen molar-refractivity contribution in [2.24, 2.45) is 11.1 Å². The van der Waals surface area contributed by atoms with Crippen LogP contribution in [0.1, 0.15) is 30.9 Å². The highest BCUT2D eigenvalue weighted by Crippen LogP contribution is 2.42. The van der Waals surface area contributed by atoms with Crippen molar-refractivity contribution in [2.75, 3.05) is 13.2 Å². The predicted octanol–water partition coefficient (Wildman–Crippen LogP) is 2.44. The number of fused-ring (bicyclic) bond motifs is 1. The first-order chi connectivity index (χ1) is 9.13.